The molecule has 0 aromatic carbocycles. The number of nitrogens with two attached hydrogens (primary N) is 3. The van der Waals surface area contributed by atoms with Crippen LogP contribution < -0.4 is 17.2 Å². The number of hydrogen-bond acceptors (Lipinski definition) is 2. The number of guanidine groups is 2. The Hall–Kier alpha value is -1.30. The van der Waals surface area contributed by atoms with E-state index in [-0.39, 0.29) is 11.9 Å². The summed E-state index contributed by atoms with van der Waals surface area (Å²) in [5, 5.41) is 0. The quantitative estimate of drug-likeness (QED) is 0.291. The molecule has 6 nitrogen and oxygen atoms in total. The third kappa shape index (κ3) is 8.61. The Morgan fingerprint density at radius 3 is 2.46 bits per heavy atom. The maximum absolute atomic E-state index is 5.36. The van der Waals surface area contributed by atoms with Crippen LogP contribution in [0.15, 0.2) is 9.98 Å². The number of nitrogens with zero attached hydrogens (tertiary/aromatic N) is 2. The summed E-state index contributed by atoms with van der Waals surface area (Å²) in [5.74, 6) is 0.0514. The van der Waals surface area contributed by atoms with Gasteiger partial charge in [-0.2, -0.15) is 4.99 Å². The Kier molecular flexibility index (Phi) is 6.62. The molecule has 0 radical (unpaired) electrons. The minimum atomic E-state index is -0.0712. The predicted octanol–water partition coefficient (Wildman–Crippen LogP) is -0.999. The third-order valence-electron chi connectivity index (χ3n) is 1.27. The molecule has 13 heavy (non-hydrogen) atoms. The summed E-state index contributed by atoms with van der Waals surface area (Å²) in [7, 11) is 1.66. The lowest BCUT2D eigenvalue weighted by Crippen LogP contribution is -2.26. The summed E-state index contributed by atoms with van der Waals surface area (Å²) in [5.41, 5.74) is 15.5. The standard InChI is InChI=1S/C7H17N5O/c1-13-5-3-2-4-11-7(10)12-6(8)9/h2-5H2,1H3,(H6,8,9,10,11,12). The Morgan fingerprint density at radius 2 is 1.92 bits per heavy atom. The van der Waals surface area contributed by atoms with Gasteiger partial charge in [-0.05, 0) is 12.8 Å². The Labute approximate surface area is 77.9 Å². The van der Waals surface area contributed by atoms with Crippen LogP contribution in [0.4, 0.5) is 0 Å². The van der Waals surface area contributed by atoms with E-state index in [4.69, 9.17) is 21.9 Å². The minimum Gasteiger partial charge on any atom is -0.385 e. The van der Waals surface area contributed by atoms with Crippen molar-refractivity contribution in [3.05, 3.63) is 0 Å². The molecular weight excluding hydrogens is 170 g/mol. The van der Waals surface area contributed by atoms with Crippen LogP contribution in [0, 0.1) is 0 Å². The van der Waals surface area contributed by atoms with E-state index < -0.39 is 0 Å². The zero-order valence-corrected chi connectivity index (χ0v) is 7.86. The first-order valence-corrected chi connectivity index (χ1v) is 4.05. The smallest absolute Gasteiger partial charge is 0.218 e. The van der Waals surface area contributed by atoms with Crippen molar-refractivity contribution in [2.45, 2.75) is 12.8 Å². The first-order chi connectivity index (χ1) is 6.16. The first-order valence-electron chi connectivity index (χ1n) is 4.05. The number of rotatable bonds is 5. The maximum Gasteiger partial charge on any atom is 0.218 e. The van der Waals surface area contributed by atoms with Crippen molar-refractivity contribution in [1.82, 2.24) is 0 Å². The molecule has 0 fully saturated rings. The highest BCUT2D eigenvalue weighted by molar-refractivity contribution is 5.92. The Morgan fingerprint density at radius 1 is 1.23 bits per heavy atom. The minimum absolute atomic E-state index is 0.0712. The van der Waals surface area contributed by atoms with Crippen molar-refractivity contribution in [1.29, 1.82) is 0 Å². The largest absolute Gasteiger partial charge is 0.385 e. The Balaban J connectivity index is 3.54. The summed E-state index contributed by atoms with van der Waals surface area (Å²) in [4.78, 5) is 7.49. The van der Waals surface area contributed by atoms with E-state index in [0.717, 1.165) is 19.4 Å². The van der Waals surface area contributed by atoms with Gasteiger partial charge in [0.25, 0.3) is 0 Å². The van der Waals surface area contributed by atoms with E-state index >= 15 is 0 Å². The number of ether oxygens (including phenoxy) is 1. The van der Waals surface area contributed by atoms with Crippen LogP contribution in [0.25, 0.3) is 0 Å². The van der Waals surface area contributed by atoms with Gasteiger partial charge >= 0.3 is 0 Å². The topological polar surface area (TPSA) is 112 Å². The SMILES string of the molecule is COCCCCN=C(N)N=C(N)N. The fraction of sp³-hybridized carbons (Fsp3) is 0.714. The molecule has 0 amide bonds. The average molecular weight is 187 g/mol. The molecule has 0 rings (SSSR count). The monoisotopic (exact) mass is 187 g/mol. The number of aliphatic imine (C=N–C) groups is 2. The van der Waals surface area contributed by atoms with Gasteiger partial charge in [-0.1, -0.05) is 0 Å². The van der Waals surface area contributed by atoms with Crippen LogP contribution in [-0.4, -0.2) is 32.2 Å². The van der Waals surface area contributed by atoms with E-state index in [2.05, 4.69) is 9.98 Å². The van der Waals surface area contributed by atoms with Crippen molar-refractivity contribution in [3.63, 3.8) is 0 Å². The van der Waals surface area contributed by atoms with Gasteiger partial charge in [-0.3, -0.25) is 4.99 Å². The van der Waals surface area contributed by atoms with E-state index in [9.17, 15) is 0 Å². The van der Waals surface area contributed by atoms with Crippen LogP contribution >= 0.6 is 0 Å². The van der Waals surface area contributed by atoms with Crippen LogP contribution in [0.2, 0.25) is 0 Å². The molecule has 0 aromatic heterocycles. The van der Waals surface area contributed by atoms with Gasteiger partial charge in [0.15, 0.2) is 5.96 Å². The molecule has 0 bridgehead atoms. The highest BCUT2D eigenvalue weighted by Gasteiger charge is 1.89. The second-order valence-electron chi connectivity index (χ2n) is 2.48. The van der Waals surface area contributed by atoms with Gasteiger partial charge < -0.3 is 21.9 Å². The summed E-state index contributed by atoms with van der Waals surface area (Å²) in [6, 6.07) is 0. The molecular formula is C7H17N5O. The number of hydrogen-bond donors (Lipinski definition) is 3. The molecule has 0 heterocycles. The Bertz CT molecular complexity index is 185. The average Bonchev–Trinajstić information content (AvgIpc) is 2.02. The summed E-state index contributed by atoms with van der Waals surface area (Å²) >= 11 is 0. The molecule has 0 unspecified atom stereocenters. The third-order valence-corrected chi connectivity index (χ3v) is 1.27. The molecule has 0 spiro atoms. The molecule has 0 aromatic rings. The fourth-order valence-electron chi connectivity index (χ4n) is 0.719. The van der Waals surface area contributed by atoms with Gasteiger partial charge in [-0.25, -0.2) is 0 Å². The fourth-order valence-corrected chi connectivity index (χ4v) is 0.719. The van der Waals surface area contributed by atoms with E-state index in [1.807, 2.05) is 0 Å². The molecule has 0 saturated heterocycles. The number of methoxy groups -OCH3 is 1. The lowest BCUT2D eigenvalue weighted by molar-refractivity contribution is 0.193. The molecule has 0 atom stereocenters. The van der Waals surface area contributed by atoms with Crippen LogP contribution in [0.5, 0.6) is 0 Å². The van der Waals surface area contributed by atoms with E-state index in [1.54, 1.807) is 7.11 Å². The second-order valence-corrected chi connectivity index (χ2v) is 2.48. The summed E-state index contributed by atoms with van der Waals surface area (Å²) < 4.78 is 4.87. The van der Waals surface area contributed by atoms with Crippen LogP contribution in [-0.2, 0) is 4.74 Å². The van der Waals surface area contributed by atoms with Gasteiger partial charge in [0.1, 0.15) is 0 Å². The summed E-state index contributed by atoms with van der Waals surface area (Å²) in [6.45, 7) is 1.35. The van der Waals surface area contributed by atoms with Gasteiger partial charge in [0.05, 0.1) is 0 Å². The zero-order chi connectivity index (χ0) is 10.1. The van der Waals surface area contributed by atoms with Crippen molar-refractivity contribution in [2.75, 3.05) is 20.3 Å². The van der Waals surface area contributed by atoms with Crippen molar-refractivity contribution in [3.8, 4) is 0 Å². The first kappa shape index (κ1) is 11.7. The van der Waals surface area contributed by atoms with E-state index in [0.29, 0.717) is 6.54 Å². The number of unbranched alkanes of at least 4 members (excludes halogenated alkanes) is 1. The van der Waals surface area contributed by atoms with Crippen LogP contribution in [0.1, 0.15) is 12.8 Å². The van der Waals surface area contributed by atoms with Gasteiger partial charge in [-0.15, -0.1) is 0 Å². The molecule has 0 saturated carbocycles. The molecule has 76 valence electrons. The van der Waals surface area contributed by atoms with Crippen molar-refractivity contribution >= 4 is 11.9 Å². The molecule has 0 aliphatic heterocycles. The van der Waals surface area contributed by atoms with Gasteiger partial charge in [0.2, 0.25) is 5.96 Å². The normalized spacial score (nSPS) is 11.3. The lowest BCUT2D eigenvalue weighted by atomic mass is 10.3. The highest BCUT2D eigenvalue weighted by atomic mass is 16.5. The molecule has 0 aliphatic rings. The van der Waals surface area contributed by atoms with Crippen molar-refractivity contribution < 1.29 is 4.74 Å². The van der Waals surface area contributed by atoms with E-state index in [1.165, 1.54) is 0 Å². The lowest BCUT2D eigenvalue weighted by Gasteiger charge is -1.96. The predicted molar refractivity (Wildman–Crippen MR) is 53.4 cm³/mol. The zero-order valence-electron chi connectivity index (χ0n) is 7.86. The molecule has 6 heteroatoms. The highest BCUT2D eigenvalue weighted by Crippen LogP contribution is 1.89. The van der Waals surface area contributed by atoms with Gasteiger partial charge in [0, 0.05) is 20.3 Å². The molecule has 0 aliphatic carbocycles. The maximum atomic E-state index is 5.36. The summed E-state index contributed by atoms with van der Waals surface area (Å²) in [6.07, 6.45) is 1.86. The molecule has 6 N–H and O–H groups in total. The van der Waals surface area contributed by atoms with Crippen molar-refractivity contribution in [2.24, 2.45) is 27.2 Å². The second kappa shape index (κ2) is 7.35. The van der Waals surface area contributed by atoms with Crippen LogP contribution in [0.3, 0.4) is 0 Å².